The lowest BCUT2D eigenvalue weighted by Crippen LogP contribution is -2.55. The molecule has 4 atom stereocenters. The number of aliphatic hydroxyl groups is 1. The van der Waals surface area contributed by atoms with Crippen LogP contribution in [0.1, 0.15) is 30.8 Å². The summed E-state index contributed by atoms with van der Waals surface area (Å²) in [6, 6.07) is 0.620. The number of β-amino-alcohol motifs (C(OH)–C–C–N with tert-alkyl or cyclic N) is 1. The van der Waals surface area contributed by atoms with Gasteiger partial charge in [-0.05, 0) is 26.3 Å². The maximum Gasteiger partial charge on any atom is 0.218 e. The number of ether oxygens (including phenoxy) is 1. The van der Waals surface area contributed by atoms with E-state index >= 15 is 8.78 Å². The van der Waals surface area contributed by atoms with Gasteiger partial charge in [0.05, 0.1) is 36.7 Å². The van der Waals surface area contributed by atoms with E-state index in [0.717, 1.165) is 6.26 Å². The fourth-order valence-corrected chi connectivity index (χ4v) is 5.65. The van der Waals surface area contributed by atoms with E-state index in [9.17, 15) is 13.5 Å². The smallest absolute Gasteiger partial charge is 0.218 e. The minimum absolute atomic E-state index is 0.0173. The molecule has 2 aromatic rings. The highest BCUT2D eigenvalue weighted by Gasteiger charge is 2.35. The largest absolute Gasteiger partial charge is 0.488 e. The predicted octanol–water partition coefficient (Wildman–Crippen LogP) is 0.918. The third kappa shape index (κ3) is 3.85. The van der Waals surface area contributed by atoms with Crippen LogP contribution in [0.5, 0.6) is 5.75 Å². The number of halogens is 2. The molecular formula is C21H26F2N6O4S. The lowest BCUT2D eigenvalue weighted by molar-refractivity contribution is 0.0801. The fourth-order valence-electron chi connectivity index (χ4n) is 4.79. The number of sulfonamides is 1. The van der Waals surface area contributed by atoms with Gasteiger partial charge in [0.25, 0.3) is 0 Å². The molecule has 2 N–H and O–H groups in total. The molecule has 3 aliphatic heterocycles. The first-order valence-corrected chi connectivity index (χ1v) is 12.9. The molecule has 1 fully saturated rings. The first-order valence-electron chi connectivity index (χ1n) is 11.1. The van der Waals surface area contributed by atoms with E-state index in [1.54, 1.807) is 6.92 Å². The van der Waals surface area contributed by atoms with Crippen molar-refractivity contribution in [3.05, 3.63) is 23.3 Å². The monoisotopic (exact) mass is 496 g/mol. The zero-order valence-corrected chi connectivity index (χ0v) is 19.8. The van der Waals surface area contributed by atoms with Gasteiger partial charge in [-0.15, -0.1) is 0 Å². The molecule has 1 saturated heterocycles. The average Bonchev–Trinajstić information content (AvgIpc) is 3.13. The molecule has 4 heterocycles. The van der Waals surface area contributed by atoms with E-state index < -0.39 is 34.2 Å². The van der Waals surface area contributed by atoms with Crippen molar-refractivity contribution < 1.29 is 27.0 Å². The van der Waals surface area contributed by atoms with Crippen molar-refractivity contribution >= 4 is 32.7 Å². The van der Waals surface area contributed by atoms with E-state index in [1.165, 1.54) is 10.4 Å². The molecule has 4 unspecified atom stereocenters. The number of aromatic nitrogens is 2. The molecule has 184 valence electrons. The Balaban J connectivity index is 1.47. The molecule has 0 spiro atoms. The molecule has 0 radical (unpaired) electrons. The lowest BCUT2D eigenvalue weighted by Gasteiger charge is -2.35. The highest BCUT2D eigenvalue weighted by Crippen LogP contribution is 2.39. The number of aliphatic hydroxyl groups excluding tert-OH is 1. The third-order valence-corrected chi connectivity index (χ3v) is 7.75. The molecule has 5 rings (SSSR count). The summed E-state index contributed by atoms with van der Waals surface area (Å²) in [5, 5.41) is 13.4. The van der Waals surface area contributed by atoms with Gasteiger partial charge in [0, 0.05) is 18.7 Å². The number of hydrogen-bond acceptors (Lipinski definition) is 8. The number of nitrogens with one attached hydrogen (secondary N) is 1. The highest BCUT2D eigenvalue weighted by atomic mass is 32.2. The van der Waals surface area contributed by atoms with Gasteiger partial charge in [-0.1, -0.05) is 0 Å². The maximum atomic E-state index is 15.0. The second-order valence-corrected chi connectivity index (χ2v) is 11.0. The molecule has 1 aromatic carbocycles. The van der Waals surface area contributed by atoms with Crippen LogP contribution in [0.15, 0.2) is 16.1 Å². The van der Waals surface area contributed by atoms with Crippen molar-refractivity contribution in [3.63, 3.8) is 0 Å². The number of aryl methyl sites for hydroxylation is 1. The van der Waals surface area contributed by atoms with Crippen LogP contribution in [0.2, 0.25) is 0 Å². The summed E-state index contributed by atoms with van der Waals surface area (Å²) in [6.45, 7) is 3.99. The van der Waals surface area contributed by atoms with Crippen molar-refractivity contribution in [3.8, 4) is 5.75 Å². The van der Waals surface area contributed by atoms with Crippen molar-refractivity contribution in [2.45, 2.75) is 44.6 Å². The Bertz CT molecular complexity index is 1320. The summed E-state index contributed by atoms with van der Waals surface area (Å²) < 4.78 is 62.5. The van der Waals surface area contributed by atoms with Gasteiger partial charge in [-0.3, -0.25) is 0 Å². The van der Waals surface area contributed by atoms with Crippen LogP contribution >= 0.6 is 0 Å². The Morgan fingerprint density at radius 2 is 2.12 bits per heavy atom. The van der Waals surface area contributed by atoms with E-state index in [-0.39, 0.29) is 48.4 Å². The van der Waals surface area contributed by atoms with E-state index in [1.807, 2.05) is 11.5 Å². The summed E-state index contributed by atoms with van der Waals surface area (Å²) in [7, 11) is -3.42. The van der Waals surface area contributed by atoms with Crippen molar-refractivity contribution in [1.29, 1.82) is 0 Å². The second kappa shape index (κ2) is 8.24. The first kappa shape index (κ1) is 23.1. The van der Waals surface area contributed by atoms with Gasteiger partial charge in [0.15, 0.2) is 17.7 Å². The predicted molar refractivity (Wildman–Crippen MR) is 122 cm³/mol. The van der Waals surface area contributed by atoms with Crippen LogP contribution in [0.3, 0.4) is 0 Å². The van der Waals surface area contributed by atoms with Gasteiger partial charge in [0.2, 0.25) is 16.0 Å². The first-order chi connectivity index (χ1) is 16.0. The normalized spacial score (nSPS) is 27.8. The van der Waals surface area contributed by atoms with Crippen LogP contribution in [0, 0.1) is 12.7 Å². The summed E-state index contributed by atoms with van der Waals surface area (Å²) >= 11 is 0. The Labute approximate surface area is 195 Å². The van der Waals surface area contributed by atoms with Crippen LogP contribution in [-0.2, 0) is 10.0 Å². The Kier molecular flexibility index (Phi) is 5.60. The molecular weight excluding hydrogens is 470 g/mol. The maximum absolute atomic E-state index is 15.0. The molecule has 0 amide bonds. The number of rotatable bonds is 3. The van der Waals surface area contributed by atoms with Crippen molar-refractivity contribution in [2.75, 3.05) is 32.5 Å². The van der Waals surface area contributed by atoms with Crippen LogP contribution in [0.25, 0.3) is 11.0 Å². The summed E-state index contributed by atoms with van der Waals surface area (Å²) in [4.78, 5) is 12.8. The Morgan fingerprint density at radius 3 is 2.82 bits per heavy atom. The summed E-state index contributed by atoms with van der Waals surface area (Å²) in [6.07, 6.45) is -1.15. The number of guanidine groups is 1. The molecule has 0 bridgehead atoms. The van der Waals surface area contributed by atoms with Crippen LogP contribution in [0.4, 0.5) is 8.78 Å². The average molecular weight is 497 g/mol. The molecule has 10 nitrogen and oxygen atoms in total. The zero-order valence-electron chi connectivity index (χ0n) is 19.0. The fraction of sp³-hybridized carbons (Fsp3) is 0.571. The summed E-state index contributed by atoms with van der Waals surface area (Å²) in [5.74, 6) is 0.481. The molecule has 1 aromatic heterocycles. The van der Waals surface area contributed by atoms with E-state index in [0.29, 0.717) is 30.1 Å². The lowest BCUT2D eigenvalue weighted by atomic mass is 10.0. The number of aliphatic imine (C=N–C) groups is 2. The Morgan fingerprint density at radius 1 is 1.35 bits per heavy atom. The van der Waals surface area contributed by atoms with Gasteiger partial charge in [-0.25, -0.2) is 32.2 Å². The highest BCUT2D eigenvalue weighted by molar-refractivity contribution is 7.88. The number of piperidine rings is 1. The number of imidazole rings is 1. The standard InChI is InChI=1S/C21H26F2N6O4S/c1-10-9-33-20-12(6-13(22)18-19(20)29(10)11(2)25-18)17-14(23)7-24-21(27-17)26-15-4-5-28(8-16(15)30)34(3,31)32/h6,10,14-16,30H,4-5,7-9H2,1-3H3,(H,24,26). The van der Waals surface area contributed by atoms with Crippen LogP contribution in [-0.4, -0.2) is 89.9 Å². The molecule has 34 heavy (non-hydrogen) atoms. The van der Waals surface area contributed by atoms with Crippen molar-refractivity contribution in [2.24, 2.45) is 9.98 Å². The van der Waals surface area contributed by atoms with Gasteiger partial charge < -0.3 is 19.7 Å². The number of nitrogens with zero attached hydrogens (tertiary/aromatic N) is 5. The minimum Gasteiger partial charge on any atom is -0.488 e. The third-order valence-electron chi connectivity index (χ3n) is 6.48. The number of hydrogen-bond donors (Lipinski definition) is 2. The topological polar surface area (TPSA) is 121 Å². The minimum atomic E-state index is -3.42. The molecule has 0 aliphatic carbocycles. The second-order valence-electron chi connectivity index (χ2n) is 8.98. The number of alkyl halides is 1. The van der Waals surface area contributed by atoms with Crippen LogP contribution < -0.4 is 10.1 Å². The molecule has 0 saturated carbocycles. The number of benzene rings is 1. The quantitative estimate of drug-likeness (QED) is 0.652. The van der Waals surface area contributed by atoms with E-state index in [4.69, 9.17) is 4.74 Å². The van der Waals surface area contributed by atoms with Crippen molar-refractivity contribution in [1.82, 2.24) is 19.2 Å². The van der Waals surface area contributed by atoms with Gasteiger partial charge >= 0.3 is 0 Å². The summed E-state index contributed by atoms with van der Waals surface area (Å²) in [5.41, 5.74) is 0.827. The zero-order chi connectivity index (χ0) is 24.4. The molecule has 13 heteroatoms. The van der Waals surface area contributed by atoms with E-state index in [2.05, 4.69) is 20.3 Å². The molecule has 3 aliphatic rings. The van der Waals surface area contributed by atoms with Gasteiger partial charge in [-0.2, -0.15) is 4.31 Å². The van der Waals surface area contributed by atoms with Gasteiger partial charge in [0.1, 0.15) is 23.5 Å². The SMILES string of the molecule is Cc1nc2c(F)cc(C3=NC(NC4CCN(S(C)(=O)=O)CC4O)=NCC3F)c3c2n1C(C)CO3. The Hall–Kier alpha value is -2.64.